The Morgan fingerprint density at radius 2 is 0.429 bits per heavy atom. The molecule has 1 radical (unpaired) electrons. The van der Waals surface area contributed by atoms with E-state index in [4.69, 9.17) is 61.3 Å². The van der Waals surface area contributed by atoms with E-state index in [9.17, 15) is 0 Å². The maximum absolute atomic E-state index is 8.25. The fourth-order valence-electron chi connectivity index (χ4n) is 0. The Labute approximate surface area is 135 Å². The van der Waals surface area contributed by atoms with E-state index in [-0.39, 0.29) is 53.0 Å². The summed E-state index contributed by atoms with van der Waals surface area (Å²) >= 11 is 0. The Morgan fingerprint density at radius 3 is 0.429 bits per heavy atom. The molecule has 0 saturated heterocycles. The molecular weight excluding hydrogens is 425 g/mol. The van der Waals surface area contributed by atoms with E-state index >= 15 is 0 Å². The van der Waals surface area contributed by atoms with Gasteiger partial charge >= 0.3 is 36.5 Å². The van der Waals surface area contributed by atoms with E-state index in [1.807, 2.05) is 0 Å². The van der Waals surface area contributed by atoms with Gasteiger partial charge in [0.15, 0.2) is 0 Å². The predicted octanol–water partition coefficient (Wildman–Crippen LogP) is -3.44. The molecule has 0 atom stereocenters. The maximum Gasteiger partial charge on any atom is 2.00 e. The van der Waals surface area contributed by atoms with Gasteiger partial charge in [-0.2, -0.15) is 0 Å². The van der Waals surface area contributed by atoms with Gasteiger partial charge in [0.25, 0.3) is 0 Å². The van der Waals surface area contributed by atoms with Crippen LogP contribution in [0.4, 0.5) is 0 Å². The molecule has 0 heterocycles. The third kappa shape index (κ3) is 941. The van der Waals surface area contributed by atoms with Crippen molar-refractivity contribution in [3.8, 4) is 0 Å². The summed E-state index contributed by atoms with van der Waals surface area (Å²) in [5.74, 6) is 0. The second-order valence-electron chi connectivity index (χ2n) is 0.894. The number of nitrogens with zero attached hydrogens (tertiary/aromatic N) is 4. The molecule has 0 saturated carbocycles. The van der Waals surface area contributed by atoms with Crippen molar-refractivity contribution in [3.63, 3.8) is 0 Å². The normalized spacial score (nSPS) is 4.57. The standard InChI is InChI=1S/Cu.4NO3.3H2O.Zn/c;4*2-1(3)4;;;;/h;;;;;3*1H2;/q+2;4*-1;;;;+2. The van der Waals surface area contributed by atoms with E-state index in [0.717, 1.165) is 0 Å². The summed E-state index contributed by atoms with van der Waals surface area (Å²) in [5.41, 5.74) is 0. The molecular formula is H6CuN4O15Zn. The van der Waals surface area contributed by atoms with E-state index in [0.29, 0.717) is 0 Å². The summed E-state index contributed by atoms with van der Waals surface area (Å²) in [4.78, 5) is 33.0. The molecule has 129 valence electrons. The zero-order valence-corrected chi connectivity index (χ0v) is 13.1. The van der Waals surface area contributed by atoms with Gasteiger partial charge in [0.05, 0.1) is 20.3 Å². The molecule has 0 aromatic carbocycles. The number of hydrogen-bond donors (Lipinski definition) is 0. The average molecular weight is 431 g/mol. The first-order valence-electron chi connectivity index (χ1n) is 2.19. The summed E-state index contributed by atoms with van der Waals surface area (Å²) in [6.07, 6.45) is 0. The van der Waals surface area contributed by atoms with Crippen LogP contribution >= 0.6 is 0 Å². The van der Waals surface area contributed by atoms with Crippen molar-refractivity contribution in [1.82, 2.24) is 0 Å². The van der Waals surface area contributed by atoms with Gasteiger partial charge in [0.2, 0.25) is 0 Å². The van der Waals surface area contributed by atoms with Crippen LogP contribution in [-0.4, -0.2) is 36.8 Å². The van der Waals surface area contributed by atoms with Gasteiger partial charge in [0, 0.05) is 0 Å². The summed E-state index contributed by atoms with van der Waals surface area (Å²) < 4.78 is 0. The van der Waals surface area contributed by atoms with Crippen molar-refractivity contribution >= 4 is 0 Å². The van der Waals surface area contributed by atoms with Crippen LogP contribution < -0.4 is 0 Å². The molecule has 0 amide bonds. The van der Waals surface area contributed by atoms with Crippen molar-refractivity contribution in [2.45, 2.75) is 0 Å². The Hall–Kier alpha value is -2.18. The SMILES string of the molecule is O.O.O.O=[N+]([O-])[O-].O=[N+]([O-])[O-].O=[N+]([O-])[O-].O=[N+]([O-])[O-].[Cu+2].[Zn+2]. The van der Waals surface area contributed by atoms with Crippen LogP contribution in [0.25, 0.3) is 0 Å². The largest absolute Gasteiger partial charge is 2.00 e. The molecule has 0 aliphatic heterocycles. The van der Waals surface area contributed by atoms with E-state index < -0.39 is 20.3 Å². The minimum absolute atomic E-state index is 0. The summed E-state index contributed by atoms with van der Waals surface area (Å²) in [7, 11) is 0. The van der Waals surface area contributed by atoms with Crippen LogP contribution in [0.5, 0.6) is 0 Å². The molecule has 0 unspecified atom stereocenters. The monoisotopic (exact) mass is 429 g/mol. The first-order valence-corrected chi connectivity index (χ1v) is 2.19. The minimum Gasteiger partial charge on any atom is -0.412 e. The van der Waals surface area contributed by atoms with Crippen molar-refractivity contribution < 1.29 is 73.3 Å². The quantitative estimate of drug-likeness (QED) is 0.205. The summed E-state index contributed by atoms with van der Waals surface area (Å²) in [6, 6.07) is 0. The van der Waals surface area contributed by atoms with E-state index in [2.05, 4.69) is 0 Å². The average Bonchev–Trinajstić information content (AvgIpc) is 1.76. The molecule has 0 aromatic heterocycles. The molecule has 0 aliphatic rings. The molecule has 6 N–H and O–H groups in total. The Morgan fingerprint density at radius 1 is 0.429 bits per heavy atom. The fraction of sp³-hybridized carbons (Fsp3) is 0. The molecule has 21 heavy (non-hydrogen) atoms. The molecule has 0 spiro atoms. The van der Waals surface area contributed by atoms with E-state index in [1.54, 1.807) is 0 Å². The van der Waals surface area contributed by atoms with Crippen LogP contribution in [-0.2, 0) is 36.5 Å². The van der Waals surface area contributed by atoms with Gasteiger partial charge in [-0.25, -0.2) is 0 Å². The second kappa shape index (κ2) is 52.3. The zero-order chi connectivity index (χ0) is 14.3. The molecule has 21 heteroatoms. The zero-order valence-electron chi connectivity index (χ0n) is 9.20. The first-order chi connectivity index (χ1) is 6.93. The van der Waals surface area contributed by atoms with Gasteiger partial charge in [-0.3, -0.25) is 0 Å². The Bertz CT molecular complexity index is 166. The smallest absolute Gasteiger partial charge is 0.412 e. The van der Waals surface area contributed by atoms with Crippen molar-refractivity contribution in [1.29, 1.82) is 0 Å². The molecule has 19 nitrogen and oxygen atoms in total. The number of hydrogen-bond acceptors (Lipinski definition) is 12. The molecule has 0 aliphatic carbocycles. The Kier molecular flexibility index (Phi) is 154. The van der Waals surface area contributed by atoms with Crippen LogP contribution in [0.2, 0.25) is 0 Å². The summed E-state index contributed by atoms with van der Waals surface area (Å²) in [6.45, 7) is 0. The maximum atomic E-state index is 8.25. The fourth-order valence-corrected chi connectivity index (χ4v) is 0. The van der Waals surface area contributed by atoms with Crippen LogP contribution in [0, 0.1) is 61.3 Å². The predicted molar refractivity (Wildman–Crippen MR) is 52.3 cm³/mol. The molecule has 0 bridgehead atoms. The van der Waals surface area contributed by atoms with Gasteiger partial charge in [-0.1, -0.05) is 0 Å². The van der Waals surface area contributed by atoms with Crippen molar-refractivity contribution in [3.05, 3.63) is 61.3 Å². The third-order valence-electron chi connectivity index (χ3n) is 0. The van der Waals surface area contributed by atoms with Crippen LogP contribution in [0.1, 0.15) is 0 Å². The molecule has 0 fully saturated rings. The topological polar surface area (TPSA) is 359 Å². The molecule has 0 rings (SSSR count). The van der Waals surface area contributed by atoms with Crippen molar-refractivity contribution in [2.75, 3.05) is 0 Å². The van der Waals surface area contributed by atoms with Gasteiger partial charge in [-0.05, 0) is 0 Å². The first kappa shape index (κ1) is 62.0. The van der Waals surface area contributed by atoms with Gasteiger partial charge in [0.1, 0.15) is 0 Å². The van der Waals surface area contributed by atoms with E-state index in [1.165, 1.54) is 0 Å². The van der Waals surface area contributed by atoms with Crippen LogP contribution in [0.3, 0.4) is 0 Å². The molecule has 0 aromatic rings. The van der Waals surface area contributed by atoms with Gasteiger partial charge < -0.3 is 77.7 Å². The minimum atomic E-state index is -1.75. The van der Waals surface area contributed by atoms with Crippen LogP contribution in [0.15, 0.2) is 0 Å². The van der Waals surface area contributed by atoms with Crippen molar-refractivity contribution in [2.24, 2.45) is 0 Å². The number of rotatable bonds is 0. The Balaban J connectivity index is -0.0000000121. The summed E-state index contributed by atoms with van der Waals surface area (Å²) in [5, 5.41) is 59.0. The second-order valence-corrected chi connectivity index (χ2v) is 0.894. The third-order valence-corrected chi connectivity index (χ3v) is 0. The van der Waals surface area contributed by atoms with Gasteiger partial charge in [-0.15, -0.1) is 0 Å².